The van der Waals surface area contributed by atoms with Crippen LogP contribution in [0, 0.1) is 5.82 Å². The van der Waals surface area contributed by atoms with Crippen molar-refractivity contribution >= 4 is 5.97 Å². The number of rotatable bonds is 9. The molecule has 0 aliphatic carbocycles. The molecular formula is C25H27FN2O2. The molecule has 0 bridgehead atoms. The van der Waals surface area contributed by atoms with E-state index in [1.165, 1.54) is 25.0 Å². The van der Waals surface area contributed by atoms with Crippen LogP contribution in [-0.4, -0.2) is 15.9 Å². The van der Waals surface area contributed by atoms with Crippen molar-refractivity contribution in [2.24, 2.45) is 0 Å². The molecule has 0 saturated carbocycles. The Labute approximate surface area is 177 Å². The summed E-state index contributed by atoms with van der Waals surface area (Å²) in [5, 5.41) is 0. The van der Waals surface area contributed by atoms with Gasteiger partial charge in [-0.2, -0.15) is 0 Å². The fourth-order valence-corrected chi connectivity index (χ4v) is 3.20. The van der Waals surface area contributed by atoms with Crippen LogP contribution in [0.2, 0.25) is 0 Å². The van der Waals surface area contributed by atoms with Gasteiger partial charge in [0.2, 0.25) is 0 Å². The SMILES string of the molecule is CCCCCc1cnc(-c2ccc(C(=O)Oc3ccc(CCC)cc3F)cc2)nc1. The summed E-state index contributed by atoms with van der Waals surface area (Å²) in [4.78, 5) is 21.2. The summed E-state index contributed by atoms with van der Waals surface area (Å²) < 4.78 is 19.4. The summed E-state index contributed by atoms with van der Waals surface area (Å²) in [6.07, 6.45) is 9.92. The van der Waals surface area contributed by atoms with Crippen LogP contribution in [-0.2, 0) is 12.8 Å². The number of nitrogens with zero attached hydrogens (tertiary/aromatic N) is 2. The Morgan fingerprint density at radius 2 is 1.63 bits per heavy atom. The molecule has 0 unspecified atom stereocenters. The molecular weight excluding hydrogens is 379 g/mol. The lowest BCUT2D eigenvalue weighted by Gasteiger charge is -2.08. The van der Waals surface area contributed by atoms with E-state index in [1.807, 2.05) is 19.3 Å². The number of aryl methyl sites for hydroxylation is 2. The second-order valence-electron chi connectivity index (χ2n) is 7.35. The minimum Gasteiger partial charge on any atom is -0.420 e. The zero-order chi connectivity index (χ0) is 21.3. The molecule has 0 amide bonds. The molecule has 1 heterocycles. The quantitative estimate of drug-likeness (QED) is 0.242. The highest BCUT2D eigenvalue weighted by atomic mass is 19.1. The molecule has 156 valence electrons. The maximum Gasteiger partial charge on any atom is 0.343 e. The smallest absolute Gasteiger partial charge is 0.343 e. The zero-order valence-corrected chi connectivity index (χ0v) is 17.5. The largest absolute Gasteiger partial charge is 0.420 e. The molecule has 0 fully saturated rings. The van der Waals surface area contributed by atoms with E-state index >= 15 is 0 Å². The molecule has 0 spiro atoms. The van der Waals surface area contributed by atoms with Crippen LogP contribution in [0.4, 0.5) is 4.39 Å². The lowest BCUT2D eigenvalue weighted by molar-refractivity contribution is 0.0728. The molecule has 5 heteroatoms. The molecule has 2 aromatic carbocycles. The number of ether oxygens (including phenoxy) is 1. The van der Waals surface area contributed by atoms with Gasteiger partial charge < -0.3 is 4.74 Å². The Morgan fingerprint density at radius 3 is 2.27 bits per heavy atom. The first-order valence-electron chi connectivity index (χ1n) is 10.5. The molecule has 0 N–H and O–H groups in total. The maximum atomic E-state index is 14.2. The molecule has 0 atom stereocenters. The van der Waals surface area contributed by atoms with Crippen LogP contribution in [0.1, 0.15) is 61.0 Å². The number of carbonyl (C=O) groups excluding carboxylic acids is 1. The van der Waals surface area contributed by atoms with E-state index in [0.717, 1.165) is 42.4 Å². The summed E-state index contributed by atoms with van der Waals surface area (Å²) in [5.41, 5.74) is 3.16. The molecule has 0 aliphatic rings. The number of esters is 1. The van der Waals surface area contributed by atoms with E-state index in [0.29, 0.717) is 11.4 Å². The first kappa shape index (κ1) is 21.6. The van der Waals surface area contributed by atoms with Crippen molar-refractivity contribution in [2.75, 3.05) is 0 Å². The highest BCUT2D eigenvalue weighted by Gasteiger charge is 2.13. The number of benzene rings is 2. The van der Waals surface area contributed by atoms with Crippen LogP contribution in [0.5, 0.6) is 5.75 Å². The van der Waals surface area contributed by atoms with Crippen LogP contribution >= 0.6 is 0 Å². The highest BCUT2D eigenvalue weighted by molar-refractivity contribution is 5.91. The van der Waals surface area contributed by atoms with Gasteiger partial charge in [-0.05, 0) is 54.7 Å². The summed E-state index contributed by atoms with van der Waals surface area (Å²) in [6.45, 7) is 4.21. The number of halogens is 1. The Kier molecular flexibility index (Phi) is 7.66. The second kappa shape index (κ2) is 10.6. The topological polar surface area (TPSA) is 52.1 Å². The Bertz CT molecular complexity index is 969. The summed E-state index contributed by atoms with van der Waals surface area (Å²) in [5.74, 6) is -0.591. The van der Waals surface area contributed by atoms with E-state index in [2.05, 4.69) is 16.9 Å². The molecule has 3 rings (SSSR count). The van der Waals surface area contributed by atoms with Crippen LogP contribution < -0.4 is 4.74 Å². The van der Waals surface area contributed by atoms with Crippen LogP contribution in [0.15, 0.2) is 54.9 Å². The molecule has 1 aromatic heterocycles. The van der Waals surface area contributed by atoms with Crippen molar-refractivity contribution in [2.45, 2.75) is 52.4 Å². The predicted molar refractivity (Wildman–Crippen MR) is 116 cm³/mol. The van der Waals surface area contributed by atoms with Crippen molar-refractivity contribution in [3.63, 3.8) is 0 Å². The van der Waals surface area contributed by atoms with Gasteiger partial charge in [0.25, 0.3) is 0 Å². The van der Waals surface area contributed by atoms with E-state index in [1.54, 1.807) is 30.3 Å². The number of aromatic nitrogens is 2. The minimum atomic E-state index is -0.601. The first-order chi connectivity index (χ1) is 14.6. The average molecular weight is 407 g/mol. The molecule has 0 radical (unpaired) electrons. The second-order valence-corrected chi connectivity index (χ2v) is 7.35. The van der Waals surface area contributed by atoms with Crippen molar-refractivity contribution in [3.8, 4) is 17.1 Å². The predicted octanol–water partition coefficient (Wildman–Crippen LogP) is 6.19. The lowest BCUT2D eigenvalue weighted by atomic mass is 10.1. The van der Waals surface area contributed by atoms with Crippen molar-refractivity contribution < 1.29 is 13.9 Å². The number of unbranched alkanes of at least 4 members (excludes halogenated alkanes) is 2. The Hall–Kier alpha value is -3.08. The average Bonchev–Trinajstić information content (AvgIpc) is 2.77. The highest BCUT2D eigenvalue weighted by Crippen LogP contribution is 2.22. The number of hydrogen-bond acceptors (Lipinski definition) is 4. The third-order valence-corrected chi connectivity index (χ3v) is 4.89. The van der Waals surface area contributed by atoms with E-state index in [9.17, 15) is 9.18 Å². The van der Waals surface area contributed by atoms with Gasteiger partial charge in [0.05, 0.1) is 5.56 Å². The van der Waals surface area contributed by atoms with E-state index in [-0.39, 0.29) is 5.75 Å². The van der Waals surface area contributed by atoms with Crippen LogP contribution in [0.25, 0.3) is 11.4 Å². The van der Waals surface area contributed by atoms with Crippen molar-refractivity contribution in [3.05, 3.63) is 77.4 Å². The minimum absolute atomic E-state index is 0.0640. The van der Waals surface area contributed by atoms with E-state index < -0.39 is 11.8 Å². The first-order valence-corrected chi connectivity index (χ1v) is 10.5. The molecule has 3 aromatic rings. The van der Waals surface area contributed by atoms with Gasteiger partial charge in [0, 0.05) is 18.0 Å². The van der Waals surface area contributed by atoms with Gasteiger partial charge in [0.1, 0.15) is 0 Å². The van der Waals surface area contributed by atoms with Gasteiger partial charge in [-0.25, -0.2) is 19.2 Å². The van der Waals surface area contributed by atoms with Crippen LogP contribution in [0.3, 0.4) is 0 Å². The zero-order valence-electron chi connectivity index (χ0n) is 17.5. The fraction of sp³-hybridized carbons (Fsp3) is 0.320. The monoisotopic (exact) mass is 406 g/mol. The van der Waals surface area contributed by atoms with Crippen molar-refractivity contribution in [1.82, 2.24) is 9.97 Å². The Balaban J connectivity index is 1.64. The molecule has 30 heavy (non-hydrogen) atoms. The van der Waals surface area contributed by atoms with Gasteiger partial charge in [-0.15, -0.1) is 0 Å². The summed E-state index contributed by atoms with van der Waals surface area (Å²) >= 11 is 0. The summed E-state index contributed by atoms with van der Waals surface area (Å²) in [7, 11) is 0. The molecule has 0 saturated heterocycles. The van der Waals surface area contributed by atoms with Gasteiger partial charge in [-0.1, -0.05) is 51.3 Å². The summed E-state index contributed by atoms with van der Waals surface area (Å²) in [6, 6.07) is 11.5. The van der Waals surface area contributed by atoms with Gasteiger partial charge in [-0.3, -0.25) is 0 Å². The Morgan fingerprint density at radius 1 is 0.900 bits per heavy atom. The van der Waals surface area contributed by atoms with Crippen molar-refractivity contribution in [1.29, 1.82) is 0 Å². The third kappa shape index (κ3) is 5.72. The standard InChI is InChI=1S/C25H27FN2O2/c1-3-5-6-8-19-16-27-24(28-17-19)20-10-12-21(13-11-20)25(29)30-23-14-9-18(7-4-2)15-22(23)26/h9-17H,3-8H2,1-2H3. The maximum absolute atomic E-state index is 14.2. The normalized spacial score (nSPS) is 10.8. The van der Waals surface area contributed by atoms with Gasteiger partial charge >= 0.3 is 5.97 Å². The van der Waals surface area contributed by atoms with Gasteiger partial charge in [0.15, 0.2) is 17.4 Å². The van der Waals surface area contributed by atoms with E-state index in [4.69, 9.17) is 4.74 Å². The number of carbonyl (C=O) groups is 1. The number of hydrogen-bond donors (Lipinski definition) is 0. The molecule has 0 aliphatic heterocycles. The fourth-order valence-electron chi connectivity index (χ4n) is 3.20. The molecule has 4 nitrogen and oxygen atoms in total. The lowest BCUT2D eigenvalue weighted by Crippen LogP contribution is -2.09. The third-order valence-electron chi connectivity index (χ3n) is 4.89.